The fourth-order valence-corrected chi connectivity index (χ4v) is 2.08. The smallest absolute Gasteiger partial charge is 0.252 e. The lowest BCUT2D eigenvalue weighted by molar-refractivity contribution is 0.233. The topological polar surface area (TPSA) is 52.2 Å². The van der Waals surface area contributed by atoms with Crippen LogP contribution in [0, 0.1) is 0 Å². The number of nitrogens with one attached hydrogen (secondary N) is 1. The van der Waals surface area contributed by atoms with Gasteiger partial charge in [-0.2, -0.15) is 0 Å². The van der Waals surface area contributed by atoms with Crippen LogP contribution in [0.4, 0.5) is 5.82 Å². The molecule has 1 aliphatic heterocycles. The Morgan fingerprint density at radius 3 is 2.94 bits per heavy atom. The summed E-state index contributed by atoms with van der Waals surface area (Å²) in [6.45, 7) is 7.06. The quantitative estimate of drug-likeness (QED) is 0.811. The molecule has 0 aliphatic carbocycles. The van der Waals surface area contributed by atoms with Gasteiger partial charge in [0.25, 0.3) is 5.56 Å². The number of hydrogen-bond acceptors (Lipinski definition) is 4. The molecule has 0 aromatic carbocycles. The molecule has 1 unspecified atom stereocenters. The van der Waals surface area contributed by atoms with E-state index in [0.29, 0.717) is 6.04 Å². The van der Waals surface area contributed by atoms with Crippen molar-refractivity contribution in [1.29, 1.82) is 0 Å². The number of aromatic amines is 1. The second-order valence-electron chi connectivity index (χ2n) is 4.68. The van der Waals surface area contributed by atoms with Gasteiger partial charge in [0.2, 0.25) is 0 Å². The van der Waals surface area contributed by atoms with Gasteiger partial charge < -0.3 is 14.8 Å². The second kappa shape index (κ2) is 4.87. The number of likely N-dealkylation sites (N-methyl/N-ethyl adjacent to an activating group) is 1. The van der Waals surface area contributed by atoms with E-state index in [1.165, 1.54) is 0 Å². The summed E-state index contributed by atoms with van der Waals surface area (Å²) in [6, 6.07) is 2.09. The van der Waals surface area contributed by atoms with Crippen molar-refractivity contribution in [2.24, 2.45) is 0 Å². The monoisotopic (exact) mass is 236 g/mol. The predicted octanol–water partition coefficient (Wildman–Crippen LogP) is 0.473. The molecule has 1 saturated heterocycles. The van der Waals surface area contributed by atoms with Crippen LogP contribution in [0.25, 0.3) is 0 Å². The van der Waals surface area contributed by atoms with Gasteiger partial charge in [-0.25, -0.2) is 4.98 Å². The summed E-state index contributed by atoms with van der Waals surface area (Å²) >= 11 is 0. The van der Waals surface area contributed by atoms with Gasteiger partial charge in [-0.05, 0) is 14.0 Å². The van der Waals surface area contributed by atoms with E-state index in [9.17, 15) is 4.79 Å². The Balaban J connectivity index is 2.22. The highest BCUT2D eigenvalue weighted by molar-refractivity contribution is 5.38. The molecule has 0 amide bonds. The van der Waals surface area contributed by atoms with Crippen molar-refractivity contribution >= 4 is 5.82 Å². The number of anilines is 1. The molecular weight excluding hydrogens is 216 g/mol. The Hall–Kier alpha value is -1.36. The van der Waals surface area contributed by atoms with Crippen LogP contribution < -0.4 is 10.5 Å². The fraction of sp³-hybridized carbons (Fsp3) is 0.667. The normalized spacial score (nSPS) is 21.8. The molecule has 94 valence electrons. The lowest BCUT2D eigenvalue weighted by atomic mass is 10.2. The number of hydrogen-bond donors (Lipinski definition) is 1. The molecule has 2 heterocycles. The van der Waals surface area contributed by atoms with Gasteiger partial charge in [0, 0.05) is 38.2 Å². The maximum Gasteiger partial charge on any atom is 0.252 e. The molecule has 1 aromatic heterocycles. The standard InChI is InChI=1S/C12H20N4O/c1-4-10-13-11(7-12(17)14-10)16-6-5-15(3)9(2)8-16/h7,9H,4-6,8H2,1-3H3,(H,13,14,17). The first kappa shape index (κ1) is 12.1. The minimum atomic E-state index is -0.0570. The largest absolute Gasteiger partial charge is 0.354 e. The minimum absolute atomic E-state index is 0.0570. The molecule has 1 N–H and O–H groups in total. The third-order valence-corrected chi connectivity index (χ3v) is 3.40. The van der Waals surface area contributed by atoms with Crippen molar-refractivity contribution in [2.75, 3.05) is 31.6 Å². The molecule has 0 saturated carbocycles. The van der Waals surface area contributed by atoms with Crippen molar-refractivity contribution in [2.45, 2.75) is 26.3 Å². The Kier molecular flexibility index (Phi) is 3.47. The Morgan fingerprint density at radius 2 is 2.29 bits per heavy atom. The van der Waals surface area contributed by atoms with Crippen molar-refractivity contribution < 1.29 is 0 Å². The molecule has 5 nitrogen and oxygen atoms in total. The van der Waals surface area contributed by atoms with Gasteiger partial charge in [-0.3, -0.25) is 4.79 Å². The Labute approximate surface area is 101 Å². The SMILES string of the molecule is CCc1nc(N2CCN(C)C(C)C2)cc(=O)[nH]1. The zero-order chi connectivity index (χ0) is 12.4. The van der Waals surface area contributed by atoms with Crippen molar-refractivity contribution in [3.05, 3.63) is 22.2 Å². The van der Waals surface area contributed by atoms with Crippen molar-refractivity contribution in [3.63, 3.8) is 0 Å². The molecule has 1 fully saturated rings. The lowest BCUT2D eigenvalue weighted by Crippen LogP contribution is -2.50. The first-order valence-electron chi connectivity index (χ1n) is 6.15. The van der Waals surface area contributed by atoms with Crippen LogP contribution in [-0.2, 0) is 6.42 Å². The maximum atomic E-state index is 11.5. The molecule has 2 rings (SSSR count). The van der Waals surface area contributed by atoms with Gasteiger partial charge in [0.1, 0.15) is 11.6 Å². The third kappa shape index (κ3) is 2.66. The highest BCUT2D eigenvalue weighted by Crippen LogP contribution is 2.14. The minimum Gasteiger partial charge on any atom is -0.354 e. The summed E-state index contributed by atoms with van der Waals surface area (Å²) in [5.74, 6) is 1.57. The van der Waals surface area contributed by atoms with E-state index in [-0.39, 0.29) is 5.56 Å². The molecule has 1 aliphatic rings. The number of rotatable bonds is 2. The summed E-state index contributed by atoms with van der Waals surface area (Å²) in [5.41, 5.74) is -0.0570. The van der Waals surface area contributed by atoms with Gasteiger partial charge >= 0.3 is 0 Å². The third-order valence-electron chi connectivity index (χ3n) is 3.40. The molecule has 5 heteroatoms. The van der Waals surface area contributed by atoms with Crippen LogP contribution in [0.2, 0.25) is 0 Å². The summed E-state index contributed by atoms with van der Waals surface area (Å²) in [4.78, 5) is 23.3. The lowest BCUT2D eigenvalue weighted by Gasteiger charge is -2.38. The number of nitrogens with zero attached hydrogens (tertiary/aromatic N) is 3. The van der Waals surface area contributed by atoms with E-state index < -0.39 is 0 Å². The zero-order valence-corrected chi connectivity index (χ0v) is 10.7. The number of aryl methyl sites for hydroxylation is 1. The molecular formula is C12H20N4O. The predicted molar refractivity (Wildman–Crippen MR) is 68.5 cm³/mol. The van der Waals surface area contributed by atoms with Crippen LogP contribution in [0.15, 0.2) is 10.9 Å². The van der Waals surface area contributed by atoms with Gasteiger partial charge in [0.15, 0.2) is 0 Å². The van der Waals surface area contributed by atoms with E-state index in [2.05, 4.69) is 33.7 Å². The van der Waals surface area contributed by atoms with Gasteiger partial charge in [-0.15, -0.1) is 0 Å². The Bertz CT molecular complexity index is 442. The summed E-state index contributed by atoms with van der Waals surface area (Å²) in [7, 11) is 2.13. The molecule has 0 spiro atoms. The van der Waals surface area contributed by atoms with Crippen molar-refractivity contribution in [1.82, 2.24) is 14.9 Å². The molecule has 0 bridgehead atoms. The summed E-state index contributed by atoms with van der Waals surface area (Å²) in [5, 5.41) is 0. The van der Waals surface area contributed by atoms with Crippen LogP contribution in [-0.4, -0.2) is 47.6 Å². The van der Waals surface area contributed by atoms with Crippen molar-refractivity contribution in [3.8, 4) is 0 Å². The van der Waals surface area contributed by atoms with E-state index in [0.717, 1.165) is 37.7 Å². The first-order valence-corrected chi connectivity index (χ1v) is 6.15. The zero-order valence-electron chi connectivity index (χ0n) is 10.7. The van der Waals surface area contributed by atoms with Crippen LogP contribution >= 0.6 is 0 Å². The van der Waals surface area contributed by atoms with Crippen LogP contribution in [0.5, 0.6) is 0 Å². The summed E-state index contributed by atoms with van der Waals surface area (Å²) < 4.78 is 0. The maximum absolute atomic E-state index is 11.5. The molecule has 1 aromatic rings. The summed E-state index contributed by atoms with van der Waals surface area (Å²) in [6.07, 6.45) is 0.756. The first-order chi connectivity index (χ1) is 8.10. The molecule has 0 radical (unpaired) electrons. The van der Waals surface area contributed by atoms with Crippen LogP contribution in [0.3, 0.4) is 0 Å². The highest BCUT2D eigenvalue weighted by Gasteiger charge is 2.21. The van der Waals surface area contributed by atoms with Gasteiger partial charge in [-0.1, -0.05) is 6.92 Å². The number of aromatic nitrogens is 2. The van der Waals surface area contributed by atoms with E-state index in [4.69, 9.17) is 0 Å². The number of piperazine rings is 1. The highest BCUT2D eigenvalue weighted by atomic mass is 16.1. The molecule has 17 heavy (non-hydrogen) atoms. The average molecular weight is 236 g/mol. The average Bonchev–Trinajstić information content (AvgIpc) is 2.32. The van der Waals surface area contributed by atoms with Crippen LogP contribution in [0.1, 0.15) is 19.7 Å². The molecule has 1 atom stereocenters. The van der Waals surface area contributed by atoms with E-state index >= 15 is 0 Å². The van der Waals surface area contributed by atoms with E-state index in [1.807, 2.05) is 6.92 Å². The van der Waals surface area contributed by atoms with Gasteiger partial charge in [0.05, 0.1) is 0 Å². The Morgan fingerprint density at radius 1 is 1.53 bits per heavy atom. The number of H-pyrrole nitrogens is 1. The second-order valence-corrected chi connectivity index (χ2v) is 4.68. The fourth-order valence-electron chi connectivity index (χ4n) is 2.08. The van der Waals surface area contributed by atoms with E-state index in [1.54, 1.807) is 6.07 Å².